The Morgan fingerprint density at radius 3 is 2.55 bits per heavy atom. The Hall–Kier alpha value is -1.91. The van der Waals surface area contributed by atoms with Gasteiger partial charge in [0.15, 0.2) is 0 Å². The highest BCUT2D eigenvalue weighted by Crippen LogP contribution is 2.37. The SMILES string of the molecule is N=C(C1=C(O)c2cc(Cl)ccc2S1=O)c1ccccc1. The van der Waals surface area contributed by atoms with Crippen LogP contribution in [0.15, 0.2) is 58.3 Å². The third kappa shape index (κ3) is 1.97. The van der Waals surface area contributed by atoms with Crippen molar-refractivity contribution in [1.82, 2.24) is 0 Å². The molecule has 5 heteroatoms. The van der Waals surface area contributed by atoms with Crippen LogP contribution in [0, 0.1) is 5.41 Å². The largest absolute Gasteiger partial charge is 0.506 e. The number of aliphatic hydroxyl groups excluding tert-OH is 1. The average Bonchev–Trinajstić information content (AvgIpc) is 2.71. The second-order valence-corrected chi connectivity index (χ2v) is 6.15. The van der Waals surface area contributed by atoms with Crippen LogP contribution in [0.4, 0.5) is 0 Å². The second-order valence-electron chi connectivity index (χ2n) is 4.33. The van der Waals surface area contributed by atoms with E-state index in [9.17, 15) is 9.32 Å². The molecule has 0 amide bonds. The fourth-order valence-electron chi connectivity index (χ4n) is 2.12. The maximum atomic E-state index is 12.4. The first-order valence-corrected chi connectivity index (χ1v) is 7.41. The van der Waals surface area contributed by atoms with Gasteiger partial charge in [-0.15, -0.1) is 0 Å². The molecule has 0 radical (unpaired) electrons. The number of hydrogen-bond acceptors (Lipinski definition) is 3. The average molecular weight is 304 g/mol. The van der Waals surface area contributed by atoms with Gasteiger partial charge >= 0.3 is 0 Å². The molecule has 2 aromatic rings. The third-order valence-electron chi connectivity index (χ3n) is 3.09. The van der Waals surface area contributed by atoms with Crippen LogP contribution >= 0.6 is 11.6 Å². The van der Waals surface area contributed by atoms with Crippen molar-refractivity contribution in [3.05, 3.63) is 69.6 Å². The van der Waals surface area contributed by atoms with Gasteiger partial charge in [-0.25, -0.2) is 4.21 Å². The van der Waals surface area contributed by atoms with Crippen molar-refractivity contribution >= 4 is 33.9 Å². The van der Waals surface area contributed by atoms with Gasteiger partial charge in [-0.1, -0.05) is 41.9 Å². The van der Waals surface area contributed by atoms with E-state index in [2.05, 4.69) is 0 Å². The first-order valence-electron chi connectivity index (χ1n) is 5.89. The molecule has 1 unspecified atom stereocenters. The molecule has 3 nitrogen and oxygen atoms in total. The molecular formula is C15H10ClNO2S. The van der Waals surface area contributed by atoms with Gasteiger partial charge in [0.1, 0.15) is 10.7 Å². The Bertz CT molecular complexity index is 769. The van der Waals surface area contributed by atoms with Crippen molar-refractivity contribution < 1.29 is 9.32 Å². The fourth-order valence-corrected chi connectivity index (χ4v) is 3.64. The molecule has 2 aromatic carbocycles. The molecule has 1 aliphatic rings. The summed E-state index contributed by atoms with van der Waals surface area (Å²) in [5.41, 5.74) is 1.11. The Morgan fingerprint density at radius 2 is 1.85 bits per heavy atom. The molecule has 0 saturated carbocycles. The molecule has 3 rings (SSSR count). The zero-order valence-corrected chi connectivity index (χ0v) is 11.8. The molecule has 1 heterocycles. The topological polar surface area (TPSA) is 61.1 Å². The lowest BCUT2D eigenvalue weighted by atomic mass is 10.1. The highest BCUT2D eigenvalue weighted by atomic mass is 35.5. The van der Waals surface area contributed by atoms with Gasteiger partial charge in [-0.3, -0.25) is 5.41 Å². The summed E-state index contributed by atoms with van der Waals surface area (Å²) < 4.78 is 12.4. The number of fused-ring (bicyclic) bond motifs is 1. The van der Waals surface area contributed by atoms with Crippen molar-refractivity contribution in [2.75, 3.05) is 0 Å². The van der Waals surface area contributed by atoms with Gasteiger partial charge in [-0.2, -0.15) is 0 Å². The number of hydrogen-bond donors (Lipinski definition) is 2. The van der Waals surface area contributed by atoms with Crippen LogP contribution in [0.1, 0.15) is 11.1 Å². The number of benzene rings is 2. The van der Waals surface area contributed by atoms with Crippen LogP contribution in [0.5, 0.6) is 0 Å². The van der Waals surface area contributed by atoms with Crippen LogP contribution in [-0.2, 0) is 10.8 Å². The van der Waals surface area contributed by atoms with Gasteiger partial charge in [0, 0.05) is 16.1 Å². The summed E-state index contributed by atoms with van der Waals surface area (Å²) in [5, 5.41) is 18.9. The van der Waals surface area contributed by atoms with Crippen LogP contribution in [0.3, 0.4) is 0 Å². The van der Waals surface area contributed by atoms with E-state index in [1.807, 2.05) is 6.07 Å². The van der Waals surface area contributed by atoms with E-state index in [0.29, 0.717) is 21.0 Å². The maximum absolute atomic E-state index is 12.4. The molecule has 0 bridgehead atoms. The number of aliphatic hydroxyl groups is 1. The van der Waals surface area contributed by atoms with E-state index in [1.54, 1.807) is 42.5 Å². The minimum Gasteiger partial charge on any atom is -0.506 e. The van der Waals surface area contributed by atoms with Crippen molar-refractivity contribution in [3.8, 4) is 0 Å². The smallest absolute Gasteiger partial charge is 0.142 e. The molecule has 2 N–H and O–H groups in total. The Kier molecular flexibility index (Phi) is 3.20. The number of nitrogens with one attached hydrogen (secondary N) is 1. The molecule has 20 heavy (non-hydrogen) atoms. The first kappa shape index (κ1) is 13.1. The molecule has 1 aliphatic heterocycles. The Morgan fingerprint density at radius 1 is 1.15 bits per heavy atom. The Labute approximate surface area is 123 Å². The molecule has 1 atom stereocenters. The van der Waals surface area contributed by atoms with Crippen LogP contribution in [-0.4, -0.2) is 15.0 Å². The van der Waals surface area contributed by atoms with E-state index in [1.165, 1.54) is 0 Å². The summed E-state index contributed by atoms with van der Waals surface area (Å²) >= 11 is 5.89. The lowest BCUT2D eigenvalue weighted by Crippen LogP contribution is -2.07. The number of halogens is 1. The molecule has 0 fully saturated rings. The molecule has 0 aromatic heterocycles. The molecule has 0 spiro atoms. The van der Waals surface area contributed by atoms with E-state index in [-0.39, 0.29) is 16.4 Å². The lowest BCUT2D eigenvalue weighted by molar-refractivity contribution is 0.511. The summed E-state index contributed by atoms with van der Waals surface area (Å²) in [7, 11) is -1.56. The van der Waals surface area contributed by atoms with E-state index in [0.717, 1.165) is 0 Å². The van der Waals surface area contributed by atoms with Crippen molar-refractivity contribution in [1.29, 1.82) is 5.41 Å². The highest BCUT2D eigenvalue weighted by Gasteiger charge is 2.31. The summed E-state index contributed by atoms with van der Waals surface area (Å²) in [6.45, 7) is 0. The summed E-state index contributed by atoms with van der Waals surface area (Å²) in [5.74, 6) is -0.130. The van der Waals surface area contributed by atoms with Crippen molar-refractivity contribution in [3.63, 3.8) is 0 Å². The molecule has 100 valence electrons. The monoisotopic (exact) mass is 303 g/mol. The predicted molar refractivity (Wildman–Crippen MR) is 80.7 cm³/mol. The van der Waals surface area contributed by atoms with Gasteiger partial charge in [0.05, 0.1) is 21.4 Å². The van der Waals surface area contributed by atoms with Crippen LogP contribution in [0.2, 0.25) is 5.02 Å². The van der Waals surface area contributed by atoms with Crippen molar-refractivity contribution in [2.24, 2.45) is 0 Å². The van der Waals surface area contributed by atoms with E-state index >= 15 is 0 Å². The third-order valence-corrected chi connectivity index (χ3v) is 4.85. The number of rotatable bonds is 2. The number of allylic oxidation sites excluding steroid dienone is 1. The first-order chi connectivity index (χ1) is 9.59. The van der Waals surface area contributed by atoms with Crippen LogP contribution < -0.4 is 0 Å². The van der Waals surface area contributed by atoms with Gasteiger partial charge in [0.2, 0.25) is 0 Å². The highest BCUT2D eigenvalue weighted by molar-refractivity contribution is 7.90. The van der Waals surface area contributed by atoms with Gasteiger partial charge < -0.3 is 5.11 Å². The van der Waals surface area contributed by atoms with Gasteiger partial charge in [-0.05, 0) is 18.2 Å². The Balaban J connectivity index is 2.12. The minimum absolute atomic E-state index is 0.0637. The fraction of sp³-hybridized carbons (Fsp3) is 0. The minimum atomic E-state index is -1.56. The normalized spacial score (nSPS) is 17.1. The van der Waals surface area contributed by atoms with Crippen molar-refractivity contribution in [2.45, 2.75) is 4.90 Å². The second kappa shape index (κ2) is 4.89. The molecule has 0 saturated heterocycles. The van der Waals surface area contributed by atoms with Crippen LogP contribution in [0.25, 0.3) is 5.76 Å². The zero-order chi connectivity index (χ0) is 14.3. The van der Waals surface area contributed by atoms with E-state index in [4.69, 9.17) is 17.0 Å². The zero-order valence-electron chi connectivity index (χ0n) is 10.3. The summed E-state index contributed by atoms with van der Waals surface area (Å²) in [6, 6.07) is 13.7. The predicted octanol–water partition coefficient (Wildman–Crippen LogP) is 3.76. The molecule has 0 aliphatic carbocycles. The standard InChI is InChI=1S/C15H10ClNO2S/c16-10-6-7-12-11(8-10)14(18)15(20(12)19)13(17)9-4-2-1-3-5-9/h1-8,17-18H. The molecular weight excluding hydrogens is 294 g/mol. The summed E-state index contributed by atoms with van der Waals surface area (Å²) in [6.07, 6.45) is 0. The van der Waals surface area contributed by atoms with E-state index < -0.39 is 10.8 Å². The van der Waals surface area contributed by atoms with Gasteiger partial charge in [0.25, 0.3) is 0 Å². The lowest BCUT2D eigenvalue weighted by Gasteiger charge is -2.04. The quantitative estimate of drug-likeness (QED) is 0.830. The summed E-state index contributed by atoms with van der Waals surface area (Å²) in [4.78, 5) is 0.621. The maximum Gasteiger partial charge on any atom is 0.142 e.